The summed E-state index contributed by atoms with van der Waals surface area (Å²) in [7, 11) is 0. The van der Waals surface area contributed by atoms with Crippen LogP contribution in [0.4, 0.5) is 0 Å². The number of nitriles is 1. The molecule has 120 valence electrons. The zero-order valence-electron chi connectivity index (χ0n) is 13.1. The summed E-state index contributed by atoms with van der Waals surface area (Å²) in [6, 6.07) is 10.3. The molecule has 1 saturated heterocycles. The number of aliphatic hydroxyl groups excluding tert-OH is 1. The Morgan fingerprint density at radius 1 is 1.14 bits per heavy atom. The summed E-state index contributed by atoms with van der Waals surface area (Å²) in [5.41, 5.74) is 2.15. The third kappa shape index (κ3) is 5.74. The average molecular weight is 303 g/mol. The van der Waals surface area contributed by atoms with Crippen molar-refractivity contribution in [2.45, 2.75) is 19.6 Å². The number of hydrogen-bond acceptors (Lipinski definition) is 5. The minimum absolute atomic E-state index is 0.0788. The lowest BCUT2D eigenvalue weighted by molar-refractivity contribution is 0.0330. The first-order chi connectivity index (χ1) is 10.8. The molecule has 1 heterocycles. The molecule has 0 aliphatic carbocycles. The Morgan fingerprint density at radius 3 is 2.45 bits per heavy atom. The van der Waals surface area contributed by atoms with E-state index in [-0.39, 0.29) is 6.61 Å². The van der Waals surface area contributed by atoms with Crippen LogP contribution in [0.25, 0.3) is 0 Å². The summed E-state index contributed by atoms with van der Waals surface area (Å²) >= 11 is 0. The summed E-state index contributed by atoms with van der Waals surface area (Å²) in [6.07, 6.45) is 0.553. The third-order valence-electron chi connectivity index (χ3n) is 3.99. The zero-order valence-corrected chi connectivity index (χ0v) is 13.1. The number of benzene rings is 1. The molecule has 0 spiro atoms. The van der Waals surface area contributed by atoms with E-state index in [4.69, 9.17) is 15.1 Å². The number of rotatable bonds is 8. The van der Waals surface area contributed by atoms with Gasteiger partial charge in [0, 0.05) is 45.7 Å². The van der Waals surface area contributed by atoms with Crippen molar-refractivity contribution in [3.63, 3.8) is 0 Å². The highest BCUT2D eigenvalue weighted by atomic mass is 16.5. The van der Waals surface area contributed by atoms with Crippen LogP contribution in [0.2, 0.25) is 0 Å². The third-order valence-corrected chi connectivity index (χ3v) is 3.99. The van der Waals surface area contributed by atoms with Gasteiger partial charge in [-0.15, -0.1) is 0 Å². The van der Waals surface area contributed by atoms with Gasteiger partial charge in [0.05, 0.1) is 25.9 Å². The second-order valence-corrected chi connectivity index (χ2v) is 5.61. The van der Waals surface area contributed by atoms with E-state index < -0.39 is 0 Å². The van der Waals surface area contributed by atoms with Gasteiger partial charge in [-0.1, -0.05) is 24.3 Å². The molecule has 0 amide bonds. The fourth-order valence-corrected chi connectivity index (χ4v) is 2.59. The molecule has 2 rings (SSSR count). The second-order valence-electron chi connectivity index (χ2n) is 5.61. The molecule has 0 bridgehead atoms. The van der Waals surface area contributed by atoms with Crippen LogP contribution >= 0.6 is 0 Å². The molecule has 0 atom stereocenters. The van der Waals surface area contributed by atoms with Gasteiger partial charge in [-0.2, -0.15) is 5.26 Å². The first-order valence-electron chi connectivity index (χ1n) is 7.90. The van der Waals surface area contributed by atoms with Gasteiger partial charge in [0.15, 0.2) is 0 Å². The lowest BCUT2D eigenvalue weighted by Gasteiger charge is -2.29. The van der Waals surface area contributed by atoms with Crippen LogP contribution in [-0.2, 0) is 17.9 Å². The fraction of sp³-hybridized carbons (Fsp3) is 0.588. The smallest absolute Gasteiger partial charge is 0.0681 e. The standard InChI is InChI=1S/C17H25N3O2/c18-6-1-7-20(9-8-19-10-12-22-13-11-19)14-16-2-4-17(15-21)5-3-16/h2-5,21H,1,7-15H2. The molecular weight excluding hydrogens is 278 g/mol. The summed E-state index contributed by atoms with van der Waals surface area (Å²) in [5, 5.41) is 17.9. The van der Waals surface area contributed by atoms with Crippen molar-refractivity contribution in [2.75, 3.05) is 45.9 Å². The Balaban J connectivity index is 1.85. The van der Waals surface area contributed by atoms with Crippen LogP contribution in [0.5, 0.6) is 0 Å². The Kier molecular flexibility index (Phi) is 7.34. The van der Waals surface area contributed by atoms with E-state index in [9.17, 15) is 0 Å². The van der Waals surface area contributed by atoms with Crippen molar-refractivity contribution < 1.29 is 9.84 Å². The normalized spacial score (nSPS) is 15.9. The van der Waals surface area contributed by atoms with Gasteiger partial charge in [0.25, 0.3) is 0 Å². The summed E-state index contributed by atoms with van der Waals surface area (Å²) in [4.78, 5) is 4.74. The van der Waals surface area contributed by atoms with E-state index in [1.165, 1.54) is 5.56 Å². The summed E-state index contributed by atoms with van der Waals surface area (Å²) < 4.78 is 5.37. The van der Waals surface area contributed by atoms with Gasteiger partial charge in [-0.25, -0.2) is 0 Å². The predicted molar refractivity (Wildman–Crippen MR) is 85.1 cm³/mol. The lowest BCUT2D eigenvalue weighted by Crippen LogP contribution is -2.41. The van der Waals surface area contributed by atoms with Crippen molar-refractivity contribution in [1.82, 2.24) is 9.80 Å². The minimum Gasteiger partial charge on any atom is -0.392 e. The molecule has 1 aromatic carbocycles. The molecule has 22 heavy (non-hydrogen) atoms. The van der Waals surface area contributed by atoms with Gasteiger partial charge in [0.1, 0.15) is 0 Å². The van der Waals surface area contributed by atoms with E-state index in [1.807, 2.05) is 12.1 Å². The zero-order chi connectivity index (χ0) is 15.6. The quantitative estimate of drug-likeness (QED) is 0.782. The largest absolute Gasteiger partial charge is 0.392 e. The van der Waals surface area contributed by atoms with Crippen LogP contribution in [0.3, 0.4) is 0 Å². The Morgan fingerprint density at radius 2 is 1.82 bits per heavy atom. The maximum atomic E-state index is 9.09. The molecule has 1 aliphatic rings. The van der Waals surface area contributed by atoms with Crippen LogP contribution in [0.15, 0.2) is 24.3 Å². The number of morpholine rings is 1. The first kappa shape index (κ1) is 16.9. The first-order valence-corrected chi connectivity index (χ1v) is 7.90. The molecule has 1 N–H and O–H groups in total. The predicted octanol–water partition coefficient (Wildman–Crippen LogP) is 1.23. The highest BCUT2D eigenvalue weighted by Gasteiger charge is 2.12. The van der Waals surface area contributed by atoms with Gasteiger partial charge >= 0.3 is 0 Å². The number of hydrogen-bond donors (Lipinski definition) is 1. The Labute approximate surface area is 132 Å². The molecule has 0 radical (unpaired) electrons. The van der Waals surface area contributed by atoms with Gasteiger partial charge in [0.2, 0.25) is 0 Å². The minimum atomic E-state index is 0.0788. The molecule has 5 heteroatoms. The molecule has 5 nitrogen and oxygen atoms in total. The highest BCUT2D eigenvalue weighted by Crippen LogP contribution is 2.09. The molecular formula is C17H25N3O2. The summed E-state index contributed by atoms with van der Waals surface area (Å²) in [6.45, 7) is 7.33. The molecule has 1 aromatic rings. The monoisotopic (exact) mass is 303 g/mol. The maximum Gasteiger partial charge on any atom is 0.0681 e. The fourth-order valence-electron chi connectivity index (χ4n) is 2.59. The van der Waals surface area contributed by atoms with Crippen molar-refractivity contribution in [1.29, 1.82) is 5.26 Å². The van der Waals surface area contributed by atoms with E-state index in [0.29, 0.717) is 6.42 Å². The van der Waals surface area contributed by atoms with Crippen LogP contribution < -0.4 is 0 Å². The molecule has 1 aliphatic heterocycles. The van der Waals surface area contributed by atoms with Crippen molar-refractivity contribution in [3.8, 4) is 6.07 Å². The van der Waals surface area contributed by atoms with Gasteiger partial charge in [-0.05, 0) is 11.1 Å². The van der Waals surface area contributed by atoms with Crippen molar-refractivity contribution in [3.05, 3.63) is 35.4 Å². The van der Waals surface area contributed by atoms with Crippen LogP contribution in [0, 0.1) is 11.3 Å². The number of aliphatic hydroxyl groups is 1. The highest BCUT2D eigenvalue weighted by molar-refractivity contribution is 5.21. The van der Waals surface area contributed by atoms with E-state index in [0.717, 1.165) is 58.0 Å². The number of ether oxygens (including phenoxy) is 1. The molecule has 1 fully saturated rings. The van der Waals surface area contributed by atoms with Crippen molar-refractivity contribution in [2.24, 2.45) is 0 Å². The van der Waals surface area contributed by atoms with E-state index in [2.05, 4.69) is 28.0 Å². The Hall–Kier alpha value is -1.45. The van der Waals surface area contributed by atoms with Crippen LogP contribution in [0.1, 0.15) is 17.5 Å². The van der Waals surface area contributed by atoms with Gasteiger partial charge in [-0.3, -0.25) is 9.80 Å². The van der Waals surface area contributed by atoms with Gasteiger partial charge < -0.3 is 9.84 Å². The summed E-state index contributed by atoms with van der Waals surface area (Å²) in [5.74, 6) is 0. The van der Waals surface area contributed by atoms with E-state index >= 15 is 0 Å². The molecule has 0 unspecified atom stereocenters. The average Bonchev–Trinajstić information content (AvgIpc) is 2.59. The van der Waals surface area contributed by atoms with E-state index in [1.54, 1.807) is 0 Å². The Bertz CT molecular complexity index is 464. The van der Waals surface area contributed by atoms with Crippen LogP contribution in [-0.4, -0.2) is 60.8 Å². The SMILES string of the molecule is N#CCCN(CCN1CCOCC1)Cc1ccc(CO)cc1. The molecule has 0 aromatic heterocycles. The lowest BCUT2D eigenvalue weighted by atomic mass is 10.1. The maximum absolute atomic E-state index is 9.09. The molecule has 0 saturated carbocycles. The second kappa shape index (κ2) is 9.54. The van der Waals surface area contributed by atoms with Crippen molar-refractivity contribution >= 4 is 0 Å². The number of nitrogens with zero attached hydrogens (tertiary/aromatic N) is 3. The topological polar surface area (TPSA) is 59.7 Å².